The van der Waals surface area contributed by atoms with Crippen molar-refractivity contribution in [2.45, 2.75) is 6.04 Å². The van der Waals surface area contributed by atoms with E-state index in [0.29, 0.717) is 17.1 Å². The average molecular weight is 262 g/mol. The van der Waals surface area contributed by atoms with Crippen LogP contribution in [0.4, 0.5) is 0 Å². The lowest BCUT2D eigenvalue weighted by molar-refractivity contribution is -0.142. The second-order valence-corrected chi connectivity index (χ2v) is 3.11. The summed E-state index contributed by atoms with van der Waals surface area (Å²) in [6.07, 6.45) is 0. The maximum absolute atomic E-state index is 11.3. The van der Waals surface area contributed by atoms with Crippen LogP contribution >= 0.6 is 12.4 Å². The Morgan fingerprint density at radius 3 is 2.35 bits per heavy atom. The van der Waals surface area contributed by atoms with E-state index in [2.05, 4.69) is 4.74 Å². The molecule has 0 aromatic heterocycles. The first-order valence-electron chi connectivity index (χ1n) is 4.69. The molecule has 0 aliphatic heterocycles. The number of benzene rings is 1. The minimum absolute atomic E-state index is 0. The van der Waals surface area contributed by atoms with Crippen molar-refractivity contribution < 1.29 is 19.0 Å². The number of carbonyl (C=O) groups is 1. The minimum atomic E-state index is -0.856. The topological polar surface area (TPSA) is 70.8 Å². The summed E-state index contributed by atoms with van der Waals surface area (Å²) >= 11 is 0. The molecule has 0 spiro atoms. The van der Waals surface area contributed by atoms with Crippen molar-refractivity contribution in [3.05, 3.63) is 23.8 Å². The summed E-state index contributed by atoms with van der Waals surface area (Å²) in [4.78, 5) is 11.3. The van der Waals surface area contributed by atoms with Gasteiger partial charge in [-0.2, -0.15) is 0 Å². The van der Waals surface area contributed by atoms with Crippen LogP contribution < -0.4 is 15.2 Å². The molecule has 0 saturated carbocycles. The Kier molecular flexibility index (Phi) is 6.38. The lowest BCUT2D eigenvalue weighted by atomic mass is 10.1. The van der Waals surface area contributed by atoms with Crippen LogP contribution in [0.1, 0.15) is 11.6 Å². The summed E-state index contributed by atoms with van der Waals surface area (Å²) < 4.78 is 14.7. The van der Waals surface area contributed by atoms with Gasteiger partial charge in [0.25, 0.3) is 0 Å². The van der Waals surface area contributed by atoms with Gasteiger partial charge in [-0.05, 0) is 12.1 Å². The second-order valence-electron chi connectivity index (χ2n) is 3.11. The maximum atomic E-state index is 11.3. The number of carbonyl (C=O) groups excluding carboxylic acids is 1. The molecule has 0 aliphatic rings. The first kappa shape index (κ1) is 15.5. The molecule has 1 atom stereocenters. The van der Waals surface area contributed by atoms with Gasteiger partial charge in [0.1, 0.15) is 17.5 Å². The van der Waals surface area contributed by atoms with Crippen molar-refractivity contribution >= 4 is 18.4 Å². The summed E-state index contributed by atoms with van der Waals surface area (Å²) in [6, 6.07) is 4.20. The molecule has 17 heavy (non-hydrogen) atoms. The van der Waals surface area contributed by atoms with Gasteiger partial charge in [0.05, 0.1) is 21.3 Å². The third-order valence-electron chi connectivity index (χ3n) is 2.23. The number of halogens is 1. The first-order valence-corrected chi connectivity index (χ1v) is 4.69. The van der Waals surface area contributed by atoms with Crippen LogP contribution in [-0.2, 0) is 9.53 Å². The standard InChI is InChI=1S/C11H15NO4.ClH/c1-14-7-4-5-8(9(6-7)15-2)10(12)11(13)16-3;/h4-6,10H,12H2,1-3H3;1H. The third-order valence-corrected chi connectivity index (χ3v) is 2.23. The molecule has 0 bridgehead atoms. The molecule has 96 valence electrons. The molecule has 2 N–H and O–H groups in total. The van der Waals surface area contributed by atoms with Crippen LogP contribution in [0.5, 0.6) is 11.5 Å². The predicted octanol–water partition coefficient (Wildman–Crippen LogP) is 1.30. The minimum Gasteiger partial charge on any atom is -0.497 e. The largest absolute Gasteiger partial charge is 0.497 e. The van der Waals surface area contributed by atoms with E-state index in [1.807, 2.05) is 0 Å². The molecule has 1 unspecified atom stereocenters. The molecule has 0 saturated heterocycles. The van der Waals surface area contributed by atoms with E-state index in [9.17, 15) is 4.79 Å². The van der Waals surface area contributed by atoms with Crippen LogP contribution in [-0.4, -0.2) is 27.3 Å². The molecule has 0 amide bonds. The fraction of sp³-hybridized carbons (Fsp3) is 0.364. The Bertz CT molecular complexity index is 384. The fourth-order valence-corrected chi connectivity index (χ4v) is 1.33. The Morgan fingerprint density at radius 1 is 1.24 bits per heavy atom. The summed E-state index contributed by atoms with van der Waals surface area (Å²) in [5.74, 6) is 0.624. The smallest absolute Gasteiger partial charge is 0.327 e. The monoisotopic (exact) mass is 261 g/mol. The van der Waals surface area contributed by atoms with Crippen molar-refractivity contribution in [3.8, 4) is 11.5 Å². The van der Waals surface area contributed by atoms with Crippen LogP contribution in [0, 0.1) is 0 Å². The number of nitrogens with two attached hydrogens (primary N) is 1. The van der Waals surface area contributed by atoms with Crippen molar-refractivity contribution in [1.82, 2.24) is 0 Å². The van der Waals surface area contributed by atoms with E-state index in [1.54, 1.807) is 25.3 Å². The van der Waals surface area contributed by atoms with Crippen molar-refractivity contribution in [2.24, 2.45) is 5.73 Å². The second kappa shape index (κ2) is 6.98. The Hall–Kier alpha value is -1.46. The lowest BCUT2D eigenvalue weighted by Gasteiger charge is -2.14. The molecule has 0 aliphatic carbocycles. The lowest BCUT2D eigenvalue weighted by Crippen LogP contribution is -2.23. The van der Waals surface area contributed by atoms with E-state index in [4.69, 9.17) is 15.2 Å². The van der Waals surface area contributed by atoms with Crippen LogP contribution in [0.25, 0.3) is 0 Å². The van der Waals surface area contributed by atoms with Gasteiger partial charge in [0, 0.05) is 11.6 Å². The molecule has 6 heteroatoms. The summed E-state index contributed by atoms with van der Waals surface area (Å²) in [5.41, 5.74) is 6.29. The molecule has 1 aromatic carbocycles. The number of rotatable bonds is 4. The van der Waals surface area contributed by atoms with Crippen molar-refractivity contribution in [2.75, 3.05) is 21.3 Å². The van der Waals surface area contributed by atoms with Gasteiger partial charge in [-0.25, -0.2) is 0 Å². The highest BCUT2D eigenvalue weighted by molar-refractivity contribution is 5.85. The van der Waals surface area contributed by atoms with E-state index in [-0.39, 0.29) is 12.4 Å². The zero-order valence-electron chi connectivity index (χ0n) is 9.93. The predicted molar refractivity (Wildman–Crippen MR) is 65.7 cm³/mol. The fourth-order valence-electron chi connectivity index (χ4n) is 1.33. The molecular weight excluding hydrogens is 246 g/mol. The quantitative estimate of drug-likeness (QED) is 0.827. The van der Waals surface area contributed by atoms with E-state index in [0.717, 1.165) is 0 Å². The number of hydrogen-bond donors (Lipinski definition) is 1. The van der Waals surface area contributed by atoms with Gasteiger partial charge in [0.2, 0.25) is 0 Å². The molecule has 0 fully saturated rings. The molecule has 1 rings (SSSR count). The Balaban J connectivity index is 0.00000256. The highest BCUT2D eigenvalue weighted by atomic mass is 35.5. The van der Waals surface area contributed by atoms with Crippen molar-refractivity contribution in [3.63, 3.8) is 0 Å². The first-order chi connectivity index (χ1) is 7.63. The van der Waals surface area contributed by atoms with E-state index >= 15 is 0 Å². The highest BCUT2D eigenvalue weighted by Crippen LogP contribution is 2.28. The van der Waals surface area contributed by atoms with E-state index in [1.165, 1.54) is 14.2 Å². The molecule has 0 radical (unpaired) electrons. The van der Waals surface area contributed by atoms with Gasteiger partial charge in [-0.3, -0.25) is 4.79 Å². The molecule has 5 nitrogen and oxygen atoms in total. The number of ether oxygens (including phenoxy) is 3. The average Bonchev–Trinajstić information content (AvgIpc) is 2.35. The van der Waals surface area contributed by atoms with Crippen LogP contribution in [0.2, 0.25) is 0 Å². The van der Waals surface area contributed by atoms with E-state index < -0.39 is 12.0 Å². The zero-order valence-corrected chi connectivity index (χ0v) is 10.7. The van der Waals surface area contributed by atoms with Crippen molar-refractivity contribution in [1.29, 1.82) is 0 Å². The third kappa shape index (κ3) is 3.51. The summed E-state index contributed by atoms with van der Waals surface area (Å²) in [5, 5.41) is 0. The van der Waals surface area contributed by atoms with Gasteiger partial charge < -0.3 is 19.9 Å². The normalized spacial score (nSPS) is 11.1. The summed E-state index contributed by atoms with van der Waals surface area (Å²) in [6.45, 7) is 0. The SMILES string of the molecule is COC(=O)C(N)c1ccc(OC)cc1OC.Cl. The van der Waals surface area contributed by atoms with Gasteiger partial charge in [0.15, 0.2) is 0 Å². The van der Waals surface area contributed by atoms with Gasteiger partial charge in [-0.1, -0.05) is 0 Å². The highest BCUT2D eigenvalue weighted by Gasteiger charge is 2.20. The Morgan fingerprint density at radius 2 is 1.88 bits per heavy atom. The zero-order chi connectivity index (χ0) is 12.1. The number of hydrogen-bond acceptors (Lipinski definition) is 5. The molecule has 1 aromatic rings. The van der Waals surface area contributed by atoms with Gasteiger partial charge >= 0.3 is 5.97 Å². The van der Waals surface area contributed by atoms with Gasteiger partial charge in [-0.15, -0.1) is 12.4 Å². The maximum Gasteiger partial charge on any atom is 0.327 e. The number of methoxy groups -OCH3 is 3. The van der Waals surface area contributed by atoms with Crippen LogP contribution in [0.15, 0.2) is 18.2 Å². The molecule has 0 heterocycles. The molecular formula is C11H16ClNO4. The number of esters is 1. The van der Waals surface area contributed by atoms with Crippen LogP contribution in [0.3, 0.4) is 0 Å². The Labute approximate surface area is 106 Å². The summed E-state index contributed by atoms with van der Waals surface area (Å²) in [7, 11) is 4.34.